The second kappa shape index (κ2) is 17.3. The van der Waals surface area contributed by atoms with E-state index in [2.05, 4.69) is 128 Å². The average Bonchev–Trinajstić information content (AvgIpc) is 3.58. The molecule has 0 fully saturated rings. The van der Waals surface area contributed by atoms with E-state index in [0.717, 1.165) is 57.4 Å². The van der Waals surface area contributed by atoms with Gasteiger partial charge in [0.1, 0.15) is 5.75 Å². The van der Waals surface area contributed by atoms with Crippen LogP contribution in [0.5, 0.6) is 5.75 Å². The third-order valence-corrected chi connectivity index (χ3v) is 12.3. The summed E-state index contributed by atoms with van der Waals surface area (Å²) in [5, 5.41) is 10.6. The molecule has 0 aliphatic heterocycles. The van der Waals surface area contributed by atoms with Crippen molar-refractivity contribution in [2.75, 3.05) is 10.6 Å². The normalized spacial score (nSPS) is 14.7. The topological polar surface area (TPSA) is 33.3 Å². The fourth-order valence-corrected chi connectivity index (χ4v) is 9.75. The maximum Gasteiger partial charge on any atom is 0.573 e. The highest BCUT2D eigenvalue weighted by atomic mass is 19.4. The predicted molar refractivity (Wildman–Crippen MR) is 247 cm³/mol. The number of hydrogen-bond acceptors (Lipinski definition) is 3. The van der Waals surface area contributed by atoms with Crippen molar-refractivity contribution >= 4 is 22.1 Å². The van der Waals surface area contributed by atoms with Crippen molar-refractivity contribution in [3.05, 3.63) is 243 Å². The summed E-state index contributed by atoms with van der Waals surface area (Å²) < 4.78 is 48.7. The van der Waals surface area contributed by atoms with Crippen molar-refractivity contribution in [2.45, 2.75) is 63.9 Å². The van der Waals surface area contributed by atoms with Crippen LogP contribution in [-0.4, -0.2) is 6.36 Å². The first kappa shape index (κ1) is 40.6. The lowest BCUT2D eigenvalue weighted by Crippen LogP contribution is -2.25. The number of benzene rings is 8. The van der Waals surface area contributed by atoms with Crippen molar-refractivity contribution < 1.29 is 17.9 Å². The van der Waals surface area contributed by atoms with E-state index in [1.807, 2.05) is 72.8 Å². The van der Waals surface area contributed by atoms with Gasteiger partial charge in [-0.2, -0.15) is 0 Å². The van der Waals surface area contributed by atoms with Crippen molar-refractivity contribution in [3.8, 4) is 5.75 Å². The molecule has 2 atom stereocenters. The monoisotopic (exact) mass is 822 g/mol. The van der Waals surface area contributed by atoms with Gasteiger partial charge in [-0.15, -0.1) is 13.2 Å². The zero-order chi connectivity index (χ0) is 42.8. The predicted octanol–water partition coefficient (Wildman–Crippen LogP) is 14.9. The van der Waals surface area contributed by atoms with Crippen LogP contribution in [0.15, 0.2) is 182 Å². The highest BCUT2D eigenvalue weighted by molar-refractivity contribution is 5.93. The Morgan fingerprint density at radius 1 is 0.500 bits per heavy atom. The molecule has 0 aromatic heterocycles. The Morgan fingerprint density at radius 2 is 0.887 bits per heavy atom. The van der Waals surface area contributed by atoms with Crippen molar-refractivity contribution in [1.29, 1.82) is 0 Å². The largest absolute Gasteiger partial charge is 0.573 e. The summed E-state index contributed by atoms with van der Waals surface area (Å²) in [6.07, 6.45) is -3.20. The number of hydrogen-bond donors (Lipinski definition) is 2. The Bertz CT molecular complexity index is 2590. The Hall–Kier alpha value is -6.79. The van der Waals surface area contributed by atoms with E-state index < -0.39 is 18.2 Å². The molecule has 0 spiro atoms. The minimum Gasteiger partial charge on any atom is -0.406 e. The molecule has 2 unspecified atom stereocenters. The van der Waals surface area contributed by atoms with Crippen LogP contribution in [0, 0.1) is 6.92 Å². The van der Waals surface area contributed by atoms with Crippen LogP contribution >= 0.6 is 0 Å². The fourth-order valence-electron chi connectivity index (χ4n) is 9.75. The van der Waals surface area contributed by atoms with Gasteiger partial charge < -0.3 is 15.4 Å². The second-order valence-electron chi connectivity index (χ2n) is 16.2. The highest BCUT2D eigenvalue weighted by Gasteiger charge is 2.39. The molecule has 0 saturated carbocycles. The summed E-state index contributed by atoms with van der Waals surface area (Å²) in [7, 11) is 0. The Morgan fingerprint density at radius 3 is 1.26 bits per heavy atom. The van der Waals surface area contributed by atoms with E-state index >= 15 is 0 Å². The molecular formula is C56H49F3N2O. The van der Waals surface area contributed by atoms with Crippen LogP contribution in [0.2, 0.25) is 0 Å². The molecule has 310 valence electrons. The molecular weight excluding hydrogens is 774 g/mol. The number of nitrogens with one attached hydrogen (secondary N) is 2. The van der Waals surface area contributed by atoms with E-state index in [-0.39, 0.29) is 17.8 Å². The minimum absolute atomic E-state index is 0.236. The first-order chi connectivity index (χ1) is 30.2. The van der Waals surface area contributed by atoms with E-state index in [9.17, 15) is 13.2 Å². The quantitative estimate of drug-likeness (QED) is 0.114. The van der Waals surface area contributed by atoms with E-state index in [1.54, 1.807) is 12.1 Å². The smallest absolute Gasteiger partial charge is 0.406 e. The minimum atomic E-state index is -4.92. The number of ether oxygens (including phenoxy) is 1. The van der Waals surface area contributed by atoms with Gasteiger partial charge in [0.15, 0.2) is 0 Å². The maximum absolute atomic E-state index is 14.6. The molecule has 2 N–H and O–H groups in total. The lowest BCUT2D eigenvalue weighted by atomic mass is 9.78. The Kier molecular flexibility index (Phi) is 11.3. The lowest BCUT2D eigenvalue weighted by Gasteiger charge is -2.33. The van der Waals surface area contributed by atoms with E-state index in [1.165, 1.54) is 27.6 Å². The van der Waals surface area contributed by atoms with Gasteiger partial charge in [-0.05, 0) is 98.3 Å². The molecule has 0 amide bonds. The van der Waals surface area contributed by atoms with E-state index in [4.69, 9.17) is 4.74 Å². The van der Waals surface area contributed by atoms with Crippen molar-refractivity contribution in [3.63, 3.8) is 0 Å². The van der Waals surface area contributed by atoms with Gasteiger partial charge in [0.25, 0.3) is 0 Å². The van der Waals surface area contributed by atoms with Gasteiger partial charge in [0.2, 0.25) is 0 Å². The van der Waals surface area contributed by atoms with Crippen LogP contribution in [0.1, 0.15) is 99.0 Å². The summed E-state index contributed by atoms with van der Waals surface area (Å²) >= 11 is 0. The number of halogens is 3. The first-order valence-electron chi connectivity index (χ1n) is 21.5. The molecule has 1 aliphatic rings. The van der Waals surface area contributed by atoms with Gasteiger partial charge in [0, 0.05) is 23.2 Å². The molecule has 1 aliphatic carbocycles. The standard InChI is InChI=1S/C56H49F3N2O/c1-4-37-32-36(3)33-38(5-2)52(37)60-54-45-30-18-28-43-29-19-31-46(51(43)45)55(54)61-53-47(49(39-20-10-6-11-21-39)40-22-12-7-13-23-40)34-44(62-56(57,58)59)35-48(53)50(41-24-14-8-15-25-41)42-26-16-9-17-27-42/h6-35,49-50,54-55,60-61H,4-5H2,1-3H3. The zero-order valence-corrected chi connectivity index (χ0v) is 35.1. The van der Waals surface area contributed by atoms with Crippen LogP contribution in [0.25, 0.3) is 10.8 Å². The van der Waals surface area contributed by atoms with Gasteiger partial charge in [-0.3, -0.25) is 0 Å². The van der Waals surface area contributed by atoms with Crippen molar-refractivity contribution in [1.82, 2.24) is 0 Å². The molecule has 8 aromatic carbocycles. The molecule has 3 nitrogen and oxygen atoms in total. The van der Waals surface area contributed by atoms with Crippen LogP contribution in [0.4, 0.5) is 24.5 Å². The molecule has 0 heterocycles. The van der Waals surface area contributed by atoms with Crippen molar-refractivity contribution in [2.24, 2.45) is 0 Å². The number of anilines is 2. The third-order valence-electron chi connectivity index (χ3n) is 12.3. The Balaban J connectivity index is 1.35. The molecule has 8 aromatic rings. The van der Waals surface area contributed by atoms with Crippen LogP contribution in [0.3, 0.4) is 0 Å². The average molecular weight is 823 g/mol. The number of rotatable bonds is 13. The molecule has 62 heavy (non-hydrogen) atoms. The second-order valence-corrected chi connectivity index (χ2v) is 16.2. The summed E-state index contributed by atoms with van der Waals surface area (Å²) in [5.74, 6) is -1.21. The lowest BCUT2D eigenvalue weighted by molar-refractivity contribution is -0.274. The van der Waals surface area contributed by atoms with Crippen LogP contribution in [-0.2, 0) is 12.8 Å². The summed E-state index contributed by atoms with van der Waals surface area (Å²) in [6.45, 7) is 6.55. The van der Waals surface area contributed by atoms with Gasteiger partial charge in [-0.1, -0.05) is 189 Å². The summed E-state index contributed by atoms with van der Waals surface area (Å²) in [4.78, 5) is 0. The number of aryl methyl sites for hydroxylation is 3. The molecule has 6 heteroatoms. The molecule has 0 bridgehead atoms. The SMILES string of the molecule is CCc1cc(C)cc(CC)c1NC1c2cccc3cccc(c23)C1Nc1c(C(c2ccccc2)c2ccccc2)cc(OC(F)(F)F)cc1C(c1ccccc1)c1ccccc1. The van der Waals surface area contributed by atoms with Gasteiger partial charge in [0.05, 0.1) is 12.1 Å². The summed E-state index contributed by atoms with van der Waals surface area (Å²) in [5.41, 5.74) is 13.0. The first-order valence-corrected chi connectivity index (χ1v) is 21.5. The summed E-state index contributed by atoms with van der Waals surface area (Å²) in [6, 6.07) is 60.3. The van der Waals surface area contributed by atoms with Crippen LogP contribution < -0.4 is 15.4 Å². The fraction of sp³-hybridized carbons (Fsp3) is 0.179. The number of alkyl halides is 3. The van der Waals surface area contributed by atoms with Gasteiger partial charge in [-0.25, -0.2) is 0 Å². The third kappa shape index (κ3) is 8.05. The zero-order valence-electron chi connectivity index (χ0n) is 35.1. The van der Waals surface area contributed by atoms with Gasteiger partial charge >= 0.3 is 6.36 Å². The maximum atomic E-state index is 14.6. The molecule has 0 saturated heterocycles. The highest BCUT2D eigenvalue weighted by Crippen LogP contribution is 2.52. The molecule has 0 radical (unpaired) electrons. The van der Waals surface area contributed by atoms with E-state index in [0.29, 0.717) is 11.1 Å². The molecule has 9 rings (SSSR count). The Labute approximate surface area is 362 Å².